The third-order valence-corrected chi connectivity index (χ3v) is 6.30. The summed E-state index contributed by atoms with van der Waals surface area (Å²) in [6, 6.07) is 4.76. The molecule has 4 nitrogen and oxygen atoms in total. The molecule has 1 aliphatic carbocycles. The van der Waals surface area contributed by atoms with Crippen molar-refractivity contribution < 1.29 is 17.6 Å². The summed E-state index contributed by atoms with van der Waals surface area (Å²) in [5.74, 6) is -0.715. The number of hydrogen-bond donors (Lipinski definition) is 1. The maximum absolute atomic E-state index is 13.2. The molecule has 0 spiro atoms. The zero-order chi connectivity index (χ0) is 16.2. The minimum atomic E-state index is -3.87. The van der Waals surface area contributed by atoms with E-state index in [1.165, 1.54) is 31.5 Å². The van der Waals surface area contributed by atoms with Gasteiger partial charge in [0.15, 0.2) is 9.84 Å². The number of sulfone groups is 1. The van der Waals surface area contributed by atoms with Crippen molar-refractivity contribution in [3.05, 3.63) is 30.1 Å². The zero-order valence-electron chi connectivity index (χ0n) is 12.7. The largest absolute Gasteiger partial charge is 0.355 e. The van der Waals surface area contributed by atoms with Gasteiger partial charge in [-0.05, 0) is 43.9 Å². The predicted octanol–water partition coefficient (Wildman–Crippen LogP) is 2.68. The molecule has 1 amide bonds. The smallest absolute Gasteiger partial charge is 0.238 e. The molecule has 122 valence electrons. The molecule has 1 aromatic rings. The minimum Gasteiger partial charge on any atom is -0.355 e. The molecule has 1 fully saturated rings. The van der Waals surface area contributed by atoms with Crippen molar-refractivity contribution in [2.24, 2.45) is 5.92 Å². The van der Waals surface area contributed by atoms with Crippen LogP contribution in [0.25, 0.3) is 0 Å². The topological polar surface area (TPSA) is 63.2 Å². The summed E-state index contributed by atoms with van der Waals surface area (Å²) in [6.07, 6.45) is 5.71. The number of carbonyl (C=O) groups is 1. The Morgan fingerprint density at radius 3 is 2.64 bits per heavy atom. The Morgan fingerprint density at radius 1 is 1.32 bits per heavy atom. The van der Waals surface area contributed by atoms with Crippen LogP contribution in [0, 0.1) is 11.7 Å². The standard InChI is InChI=1S/C16H22FNO3S/c1-12(16(19)18-11-13-6-3-2-4-7-13)22(20,21)15-9-5-8-14(17)10-15/h5,8-10,12-13H,2-4,6-7,11H2,1H3,(H,18,19)/t12-/m0/s1. The van der Waals surface area contributed by atoms with Crippen LogP contribution in [0.1, 0.15) is 39.0 Å². The maximum Gasteiger partial charge on any atom is 0.238 e. The molecule has 0 radical (unpaired) electrons. The van der Waals surface area contributed by atoms with Crippen molar-refractivity contribution in [2.45, 2.75) is 49.2 Å². The van der Waals surface area contributed by atoms with Crippen LogP contribution in [0.5, 0.6) is 0 Å². The van der Waals surface area contributed by atoms with E-state index in [-0.39, 0.29) is 4.90 Å². The number of carbonyl (C=O) groups excluding carboxylic acids is 1. The van der Waals surface area contributed by atoms with Crippen molar-refractivity contribution in [1.82, 2.24) is 5.32 Å². The Labute approximate surface area is 131 Å². The lowest BCUT2D eigenvalue weighted by Gasteiger charge is -2.22. The molecular weight excluding hydrogens is 305 g/mol. The van der Waals surface area contributed by atoms with E-state index in [9.17, 15) is 17.6 Å². The third-order valence-electron chi connectivity index (χ3n) is 4.25. The van der Waals surface area contributed by atoms with Crippen LogP contribution in [0.15, 0.2) is 29.2 Å². The summed E-state index contributed by atoms with van der Waals surface area (Å²) in [5, 5.41) is 1.51. The van der Waals surface area contributed by atoms with Crippen molar-refractivity contribution in [1.29, 1.82) is 0 Å². The first-order valence-corrected chi connectivity index (χ1v) is 9.23. The van der Waals surface area contributed by atoms with E-state index in [2.05, 4.69) is 5.32 Å². The lowest BCUT2D eigenvalue weighted by molar-refractivity contribution is -0.120. The first-order chi connectivity index (χ1) is 10.4. The second-order valence-corrected chi connectivity index (χ2v) is 8.16. The molecule has 0 saturated heterocycles. The fourth-order valence-electron chi connectivity index (χ4n) is 2.77. The summed E-state index contributed by atoms with van der Waals surface area (Å²) in [6.45, 7) is 1.86. The zero-order valence-corrected chi connectivity index (χ0v) is 13.5. The quantitative estimate of drug-likeness (QED) is 0.904. The van der Waals surface area contributed by atoms with E-state index in [1.807, 2.05) is 0 Å². The highest BCUT2D eigenvalue weighted by Gasteiger charge is 2.30. The van der Waals surface area contributed by atoms with Gasteiger partial charge < -0.3 is 5.32 Å². The molecule has 2 rings (SSSR count). The van der Waals surface area contributed by atoms with Gasteiger partial charge in [-0.25, -0.2) is 12.8 Å². The van der Waals surface area contributed by atoms with Crippen LogP contribution in [0.4, 0.5) is 4.39 Å². The Morgan fingerprint density at radius 2 is 2.00 bits per heavy atom. The van der Waals surface area contributed by atoms with Crippen LogP contribution < -0.4 is 5.32 Å². The van der Waals surface area contributed by atoms with E-state index < -0.39 is 26.8 Å². The summed E-state index contributed by atoms with van der Waals surface area (Å²) < 4.78 is 37.9. The Hall–Kier alpha value is -1.43. The van der Waals surface area contributed by atoms with Crippen LogP contribution in [0.3, 0.4) is 0 Å². The van der Waals surface area contributed by atoms with Crippen LogP contribution in [-0.2, 0) is 14.6 Å². The van der Waals surface area contributed by atoms with Gasteiger partial charge >= 0.3 is 0 Å². The molecule has 1 atom stereocenters. The van der Waals surface area contributed by atoms with Gasteiger partial charge in [0.2, 0.25) is 5.91 Å². The number of rotatable bonds is 5. The monoisotopic (exact) mass is 327 g/mol. The molecule has 1 aliphatic rings. The molecule has 1 aromatic carbocycles. The van der Waals surface area contributed by atoms with Gasteiger partial charge in [0, 0.05) is 6.54 Å². The molecule has 6 heteroatoms. The van der Waals surface area contributed by atoms with Crippen LogP contribution in [0.2, 0.25) is 0 Å². The maximum atomic E-state index is 13.2. The van der Waals surface area contributed by atoms with Gasteiger partial charge in [-0.15, -0.1) is 0 Å². The fourth-order valence-corrected chi connectivity index (χ4v) is 4.09. The fraction of sp³-hybridized carbons (Fsp3) is 0.562. The molecule has 0 aliphatic heterocycles. The van der Waals surface area contributed by atoms with E-state index in [0.29, 0.717) is 12.5 Å². The number of benzene rings is 1. The summed E-state index contributed by atoms with van der Waals surface area (Å²) >= 11 is 0. The summed E-state index contributed by atoms with van der Waals surface area (Å²) in [5.41, 5.74) is 0. The Balaban J connectivity index is 1.99. The van der Waals surface area contributed by atoms with Gasteiger partial charge in [-0.1, -0.05) is 25.3 Å². The first-order valence-electron chi connectivity index (χ1n) is 7.68. The summed E-state index contributed by atoms with van der Waals surface area (Å²) in [7, 11) is -3.87. The van der Waals surface area contributed by atoms with Crippen LogP contribution in [-0.4, -0.2) is 26.1 Å². The second-order valence-electron chi connectivity index (χ2n) is 5.89. The highest BCUT2D eigenvalue weighted by Crippen LogP contribution is 2.23. The Kier molecular flexibility index (Phi) is 5.56. The average Bonchev–Trinajstić information content (AvgIpc) is 2.52. The van der Waals surface area contributed by atoms with Crippen LogP contribution >= 0.6 is 0 Å². The summed E-state index contributed by atoms with van der Waals surface area (Å²) in [4.78, 5) is 11.9. The van der Waals surface area contributed by atoms with Gasteiger partial charge in [0.05, 0.1) is 4.90 Å². The van der Waals surface area contributed by atoms with E-state index >= 15 is 0 Å². The lowest BCUT2D eigenvalue weighted by Crippen LogP contribution is -2.40. The molecule has 0 aromatic heterocycles. The van der Waals surface area contributed by atoms with E-state index in [0.717, 1.165) is 31.7 Å². The van der Waals surface area contributed by atoms with E-state index in [1.54, 1.807) is 0 Å². The molecule has 0 heterocycles. The number of nitrogens with one attached hydrogen (secondary N) is 1. The van der Waals surface area contributed by atoms with Gasteiger partial charge in [-0.3, -0.25) is 4.79 Å². The molecular formula is C16H22FNO3S. The molecule has 22 heavy (non-hydrogen) atoms. The van der Waals surface area contributed by atoms with Crippen molar-refractivity contribution >= 4 is 15.7 Å². The van der Waals surface area contributed by atoms with E-state index in [4.69, 9.17) is 0 Å². The highest BCUT2D eigenvalue weighted by molar-refractivity contribution is 7.92. The molecule has 0 unspecified atom stereocenters. The highest BCUT2D eigenvalue weighted by atomic mass is 32.2. The average molecular weight is 327 g/mol. The van der Waals surface area contributed by atoms with Crippen molar-refractivity contribution in [2.75, 3.05) is 6.54 Å². The van der Waals surface area contributed by atoms with Gasteiger partial charge in [0.25, 0.3) is 0 Å². The molecule has 1 saturated carbocycles. The Bertz CT molecular complexity index is 624. The minimum absolute atomic E-state index is 0.159. The number of amides is 1. The lowest BCUT2D eigenvalue weighted by atomic mass is 9.89. The predicted molar refractivity (Wildman–Crippen MR) is 82.6 cm³/mol. The number of halogens is 1. The third kappa shape index (κ3) is 4.06. The van der Waals surface area contributed by atoms with Gasteiger partial charge in [0.1, 0.15) is 11.1 Å². The second kappa shape index (κ2) is 7.22. The SMILES string of the molecule is C[C@@H](C(=O)NCC1CCCCC1)S(=O)(=O)c1cccc(F)c1. The first kappa shape index (κ1) is 16.9. The van der Waals surface area contributed by atoms with Crippen molar-refractivity contribution in [3.8, 4) is 0 Å². The normalized spacial score (nSPS) is 17.9. The number of hydrogen-bond acceptors (Lipinski definition) is 3. The van der Waals surface area contributed by atoms with Crippen molar-refractivity contribution in [3.63, 3.8) is 0 Å². The molecule has 0 bridgehead atoms. The molecule has 1 N–H and O–H groups in total. The van der Waals surface area contributed by atoms with Gasteiger partial charge in [-0.2, -0.15) is 0 Å².